The molecule has 1 N–H and O–H groups in total. The van der Waals surface area contributed by atoms with Crippen LogP contribution >= 0.6 is 0 Å². The number of benzene rings is 1. The number of carbonyl (C=O) groups excluding carboxylic acids is 1. The molecule has 19 heavy (non-hydrogen) atoms. The fourth-order valence-electron chi connectivity index (χ4n) is 2.72. The number of aryl methyl sites for hydroxylation is 2. The minimum atomic E-state index is -0.261. The van der Waals surface area contributed by atoms with Gasteiger partial charge in [0.25, 0.3) is 0 Å². The van der Waals surface area contributed by atoms with E-state index in [0.29, 0.717) is 0 Å². The molecule has 0 aliphatic carbocycles. The molecule has 2 rings (SSSR count). The Hall–Kier alpha value is -1.42. The third kappa shape index (κ3) is 3.13. The average molecular weight is 264 g/mol. The zero-order valence-electron chi connectivity index (χ0n) is 11.8. The minimum absolute atomic E-state index is 0.0139. The normalized spacial score (nSPS) is 20.3. The highest BCUT2D eigenvalue weighted by molar-refractivity contribution is 5.96. The molecular weight excluding hydrogens is 243 g/mol. The summed E-state index contributed by atoms with van der Waals surface area (Å²) in [5, 5.41) is 2.96. The van der Waals surface area contributed by atoms with Crippen molar-refractivity contribution in [2.24, 2.45) is 0 Å². The highest BCUT2D eigenvalue weighted by atomic mass is 19.1. The fraction of sp³-hybridized carbons (Fsp3) is 0.533. The molecule has 104 valence electrons. The molecule has 3 nitrogen and oxygen atoms in total. The third-order valence-electron chi connectivity index (χ3n) is 3.82. The molecule has 0 bridgehead atoms. The summed E-state index contributed by atoms with van der Waals surface area (Å²) >= 11 is 0. The van der Waals surface area contributed by atoms with Crippen LogP contribution in [0.5, 0.6) is 0 Å². The highest BCUT2D eigenvalue weighted by Gasteiger charge is 2.26. The number of carbonyl (C=O) groups is 1. The van der Waals surface area contributed by atoms with E-state index in [1.165, 1.54) is 12.1 Å². The van der Waals surface area contributed by atoms with E-state index in [1.807, 2.05) is 20.9 Å². The topological polar surface area (TPSA) is 32.3 Å². The van der Waals surface area contributed by atoms with E-state index < -0.39 is 0 Å². The Morgan fingerprint density at radius 1 is 1.32 bits per heavy atom. The number of nitrogens with one attached hydrogen (secondary N) is 1. The standard InChI is InChI=1S/C15H21FN2O/c1-10-8-12(16)9-11(2)14(10)17-15(19)13-6-4-5-7-18(13)3/h8-9,13H,4-7H2,1-3H3,(H,17,19). The molecule has 1 aromatic rings. The van der Waals surface area contributed by atoms with Gasteiger partial charge >= 0.3 is 0 Å². The lowest BCUT2D eigenvalue weighted by atomic mass is 10.0. The van der Waals surface area contributed by atoms with Crippen molar-refractivity contribution in [3.8, 4) is 0 Å². The van der Waals surface area contributed by atoms with Crippen LogP contribution in [-0.2, 0) is 4.79 Å². The summed E-state index contributed by atoms with van der Waals surface area (Å²) in [4.78, 5) is 14.4. The minimum Gasteiger partial charge on any atom is -0.324 e. The zero-order valence-corrected chi connectivity index (χ0v) is 11.8. The van der Waals surface area contributed by atoms with E-state index in [-0.39, 0.29) is 17.8 Å². The van der Waals surface area contributed by atoms with Crippen molar-refractivity contribution < 1.29 is 9.18 Å². The van der Waals surface area contributed by atoms with E-state index >= 15 is 0 Å². The maximum Gasteiger partial charge on any atom is 0.241 e. The predicted molar refractivity (Wildman–Crippen MR) is 74.8 cm³/mol. The number of anilines is 1. The van der Waals surface area contributed by atoms with Gasteiger partial charge in [0.2, 0.25) is 5.91 Å². The predicted octanol–water partition coefficient (Wildman–Crippen LogP) is 2.87. The second-order valence-electron chi connectivity index (χ2n) is 5.40. The summed E-state index contributed by atoms with van der Waals surface area (Å²) in [6.07, 6.45) is 3.13. The van der Waals surface area contributed by atoms with Gasteiger partial charge in [-0.2, -0.15) is 0 Å². The van der Waals surface area contributed by atoms with E-state index in [4.69, 9.17) is 0 Å². The van der Waals surface area contributed by atoms with Crippen molar-refractivity contribution in [3.05, 3.63) is 29.1 Å². The summed E-state index contributed by atoms with van der Waals surface area (Å²) in [6, 6.07) is 2.83. The molecule has 0 radical (unpaired) electrons. The molecule has 1 aliphatic rings. The summed E-state index contributed by atoms with van der Waals surface area (Å²) in [6.45, 7) is 4.59. The van der Waals surface area contributed by atoms with Crippen molar-refractivity contribution in [3.63, 3.8) is 0 Å². The molecule has 1 aliphatic heterocycles. The van der Waals surface area contributed by atoms with Crippen LogP contribution in [-0.4, -0.2) is 30.4 Å². The lowest BCUT2D eigenvalue weighted by Crippen LogP contribution is -2.44. The van der Waals surface area contributed by atoms with Gasteiger partial charge in [-0.05, 0) is 63.5 Å². The first kappa shape index (κ1) is 14.0. The van der Waals surface area contributed by atoms with Crippen LogP contribution in [0, 0.1) is 19.7 Å². The molecule has 1 saturated heterocycles. The molecule has 1 fully saturated rings. The lowest BCUT2D eigenvalue weighted by Gasteiger charge is -2.31. The smallest absolute Gasteiger partial charge is 0.241 e. The van der Waals surface area contributed by atoms with E-state index in [9.17, 15) is 9.18 Å². The molecule has 1 atom stereocenters. The van der Waals surface area contributed by atoms with E-state index in [0.717, 1.165) is 42.6 Å². The number of halogens is 1. The van der Waals surface area contributed by atoms with Gasteiger partial charge in [0.05, 0.1) is 6.04 Å². The maximum atomic E-state index is 13.2. The second-order valence-corrected chi connectivity index (χ2v) is 5.40. The number of amides is 1. The average Bonchev–Trinajstić information content (AvgIpc) is 2.34. The zero-order chi connectivity index (χ0) is 14.0. The van der Waals surface area contributed by atoms with Crippen molar-refractivity contribution in [1.29, 1.82) is 0 Å². The number of likely N-dealkylation sites (N-methyl/N-ethyl adjacent to an activating group) is 1. The summed E-state index contributed by atoms with van der Waals surface area (Å²) < 4.78 is 13.2. The van der Waals surface area contributed by atoms with E-state index in [1.54, 1.807) is 0 Å². The largest absolute Gasteiger partial charge is 0.324 e. The molecule has 4 heteroatoms. The van der Waals surface area contributed by atoms with Crippen LogP contribution in [0.25, 0.3) is 0 Å². The Labute approximate surface area is 113 Å². The lowest BCUT2D eigenvalue weighted by molar-refractivity contribution is -0.121. The number of hydrogen-bond donors (Lipinski definition) is 1. The number of nitrogens with zero attached hydrogens (tertiary/aromatic N) is 1. The van der Waals surface area contributed by atoms with Crippen LogP contribution in [0.15, 0.2) is 12.1 Å². The molecule has 0 spiro atoms. The monoisotopic (exact) mass is 264 g/mol. The van der Waals surface area contributed by atoms with Gasteiger partial charge in [0.15, 0.2) is 0 Å². The first-order chi connectivity index (χ1) is 8.99. The van der Waals surface area contributed by atoms with Gasteiger partial charge in [-0.1, -0.05) is 6.42 Å². The SMILES string of the molecule is Cc1cc(F)cc(C)c1NC(=O)C1CCCCN1C. The number of piperidine rings is 1. The fourth-order valence-corrected chi connectivity index (χ4v) is 2.72. The molecule has 1 unspecified atom stereocenters. The quantitative estimate of drug-likeness (QED) is 0.891. The van der Waals surface area contributed by atoms with Gasteiger partial charge in [-0.3, -0.25) is 9.69 Å². The molecule has 1 aromatic carbocycles. The first-order valence-electron chi connectivity index (χ1n) is 6.77. The first-order valence-corrected chi connectivity index (χ1v) is 6.77. The Balaban J connectivity index is 2.14. The molecule has 1 amide bonds. The third-order valence-corrected chi connectivity index (χ3v) is 3.82. The maximum absolute atomic E-state index is 13.2. The van der Waals surface area contributed by atoms with Crippen molar-refractivity contribution in [2.45, 2.75) is 39.2 Å². The Morgan fingerprint density at radius 3 is 2.53 bits per heavy atom. The number of hydrogen-bond acceptors (Lipinski definition) is 2. The van der Waals surface area contributed by atoms with Gasteiger partial charge in [0.1, 0.15) is 5.82 Å². The van der Waals surface area contributed by atoms with Crippen molar-refractivity contribution >= 4 is 11.6 Å². The van der Waals surface area contributed by atoms with Gasteiger partial charge in [0, 0.05) is 5.69 Å². The molecule has 1 heterocycles. The number of likely N-dealkylation sites (tertiary alicyclic amines) is 1. The summed E-state index contributed by atoms with van der Waals surface area (Å²) in [5.41, 5.74) is 2.28. The second kappa shape index (κ2) is 5.70. The van der Waals surface area contributed by atoms with Crippen LogP contribution in [0.2, 0.25) is 0 Å². The van der Waals surface area contributed by atoms with Crippen molar-refractivity contribution in [2.75, 3.05) is 18.9 Å². The Morgan fingerprint density at radius 2 is 1.95 bits per heavy atom. The highest BCUT2D eigenvalue weighted by Crippen LogP contribution is 2.23. The number of rotatable bonds is 2. The van der Waals surface area contributed by atoms with Crippen LogP contribution < -0.4 is 5.32 Å². The van der Waals surface area contributed by atoms with Crippen LogP contribution in [0.4, 0.5) is 10.1 Å². The molecular formula is C15H21FN2O. The summed E-state index contributed by atoms with van der Waals surface area (Å²) in [5.74, 6) is -0.247. The van der Waals surface area contributed by atoms with Gasteiger partial charge < -0.3 is 5.32 Å². The van der Waals surface area contributed by atoms with Crippen LogP contribution in [0.3, 0.4) is 0 Å². The Bertz CT molecular complexity index is 464. The summed E-state index contributed by atoms with van der Waals surface area (Å²) in [7, 11) is 1.98. The van der Waals surface area contributed by atoms with E-state index in [2.05, 4.69) is 10.2 Å². The van der Waals surface area contributed by atoms with Gasteiger partial charge in [-0.25, -0.2) is 4.39 Å². The van der Waals surface area contributed by atoms with Gasteiger partial charge in [-0.15, -0.1) is 0 Å². The van der Waals surface area contributed by atoms with Crippen molar-refractivity contribution in [1.82, 2.24) is 4.90 Å². The molecule has 0 saturated carbocycles. The van der Waals surface area contributed by atoms with Crippen LogP contribution in [0.1, 0.15) is 30.4 Å². The Kier molecular flexibility index (Phi) is 4.20. The molecule has 0 aromatic heterocycles.